The summed E-state index contributed by atoms with van der Waals surface area (Å²) in [5, 5.41) is 0. The van der Waals surface area contributed by atoms with Gasteiger partial charge in [0.15, 0.2) is 0 Å². The summed E-state index contributed by atoms with van der Waals surface area (Å²) in [4.78, 5) is 0.0295. The van der Waals surface area contributed by atoms with Gasteiger partial charge >= 0.3 is 0 Å². The number of halogens is 1. The summed E-state index contributed by atoms with van der Waals surface area (Å²) in [5.74, 6) is 0.477. The molecule has 0 atom stereocenters. The highest BCUT2D eigenvalue weighted by Gasteiger charge is 2.14. The van der Waals surface area contributed by atoms with Gasteiger partial charge in [0.1, 0.15) is 5.75 Å². The van der Waals surface area contributed by atoms with Crippen molar-refractivity contribution in [3.63, 3.8) is 0 Å². The third-order valence-corrected chi connectivity index (χ3v) is 4.17. The van der Waals surface area contributed by atoms with E-state index < -0.39 is 9.05 Å². The van der Waals surface area contributed by atoms with E-state index in [1.165, 1.54) is 19.2 Å². The van der Waals surface area contributed by atoms with Gasteiger partial charge in [-0.2, -0.15) is 0 Å². The van der Waals surface area contributed by atoms with Crippen LogP contribution in [0.1, 0.15) is 5.56 Å². The molecule has 2 aromatic rings. The fourth-order valence-corrected chi connectivity index (χ4v) is 2.56. The molecule has 0 amide bonds. The lowest BCUT2D eigenvalue weighted by atomic mass is 10.0. The third kappa shape index (κ3) is 3.08. The van der Waals surface area contributed by atoms with Crippen molar-refractivity contribution in [3.05, 3.63) is 48.0 Å². The maximum Gasteiger partial charge on any atom is 0.261 e. The minimum absolute atomic E-state index is 0.0295. The first kappa shape index (κ1) is 13.9. The van der Waals surface area contributed by atoms with E-state index >= 15 is 0 Å². The fraction of sp³-hybridized carbons (Fsp3) is 0.143. The summed E-state index contributed by atoms with van der Waals surface area (Å²) in [6.07, 6.45) is 0. The molecule has 0 fully saturated rings. The normalized spacial score (nSPS) is 11.3. The van der Waals surface area contributed by atoms with E-state index in [-0.39, 0.29) is 4.90 Å². The van der Waals surface area contributed by atoms with E-state index in [1.54, 1.807) is 6.07 Å². The summed E-state index contributed by atoms with van der Waals surface area (Å²) >= 11 is 0. The van der Waals surface area contributed by atoms with Gasteiger partial charge in [0.25, 0.3) is 9.05 Å². The first-order chi connectivity index (χ1) is 8.91. The van der Waals surface area contributed by atoms with Crippen LogP contribution in [0.5, 0.6) is 5.75 Å². The minimum Gasteiger partial charge on any atom is -0.496 e. The van der Waals surface area contributed by atoms with E-state index in [4.69, 9.17) is 15.4 Å². The molecule has 0 aliphatic rings. The van der Waals surface area contributed by atoms with Gasteiger partial charge in [-0.1, -0.05) is 29.8 Å². The maximum atomic E-state index is 11.3. The maximum absolute atomic E-state index is 11.3. The van der Waals surface area contributed by atoms with Crippen LogP contribution in [0.2, 0.25) is 0 Å². The second kappa shape index (κ2) is 5.23. The Kier molecular flexibility index (Phi) is 3.83. The molecule has 3 nitrogen and oxygen atoms in total. The summed E-state index contributed by atoms with van der Waals surface area (Å²) < 4.78 is 27.8. The van der Waals surface area contributed by atoms with E-state index in [0.717, 1.165) is 16.7 Å². The Balaban J connectivity index is 2.56. The molecule has 0 unspecified atom stereocenters. The number of rotatable bonds is 3. The second-order valence-corrected chi connectivity index (χ2v) is 6.73. The quantitative estimate of drug-likeness (QED) is 0.813. The topological polar surface area (TPSA) is 43.4 Å². The van der Waals surface area contributed by atoms with E-state index in [2.05, 4.69) is 0 Å². The zero-order valence-electron chi connectivity index (χ0n) is 10.6. The highest BCUT2D eigenvalue weighted by molar-refractivity contribution is 8.13. The molecule has 0 radical (unpaired) electrons. The van der Waals surface area contributed by atoms with Crippen LogP contribution in [0.4, 0.5) is 0 Å². The zero-order valence-corrected chi connectivity index (χ0v) is 12.1. The predicted molar refractivity (Wildman–Crippen MR) is 76.2 cm³/mol. The highest BCUT2D eigenvalue weighted by Crippen LogP contribution is 2.33. The van der Waals surface area contributed by atoms with Crippen LogP contribution < -0.4 is 4.74 Å². The number of methoxy groups -OCH3 is 1. The summed E-state index contributed by atoms with van der Waals surface area (Å²) in [7, 11) is 3.07. The van der Waals surface area contributed by atoms with Gasteiger partial charge < -0.3 is 4.74 Å². The largest absolute Gasteiger partial charge is 0.496 e. The van der Waals surface area contributed by atoms with Gasteiger partial charge in [-0.05, 0) is 24.6 Å². The first-order valence-electron chi connectivity index (χ1n) is 5.61. The average Bonchev–Trinajstić information content (AvgIpc) is 2.38. The Bertz CT molecular complexity index is 691. The van der Waals surface area contributed by atoms with Crippen molar-refractivity contribution >= 4 is 19.7 Å². The van der Waals surface area contributed by atoms with Gasteiger partial charge in [0.05, 0.1) is 12.0 Å². The molecular formula is C14H13ClO3S. The van der Waals surface area contributed by atoms with Crippen molar-refractivity contribution in [3.8, 4) is 16.9 Å². The summed E-state index contributed by atoms with van der Waals surface area (Å²) in [6, 6.07) is 12.5. The molecule has 0 aromatic heterocycles. The number of hydrogen-bond acceptors (Lipinski definition) is 3. The molecule has 100 valence electrons. The molecule has 2 rings (SSSR count). The molecule has 0 aliphatic heterocycles. The molecule has 0 bridgehead atoms. The van der Waals surface area contributed by atoms with Gasteiger partial charge in [0.2, 0.25) is 0 Å². The SMILES string of the molecule is COc1cc(S(=O)(=O)Cl)ccc1-c1ccc(C)cc1. The Morgan fingerprint density at radius 1 is 1.05 bits per heavy atom. The summed E-state index contributed by atoms with van der Waals surface area (Å²) in [5.41, 5.74) is 2.94. The molecule has 0 N–H and O–H groups in total. The number of aryl methyl sites for hydroxylation is 1. The number of ether oxygens (including phenoxy) is 1. The van der Waals surface area contributed by atoms with Crippen molar-refractivity contribution in [1.82, 2.24) is 0 Å². The lowest BCUT2D eigenvalue weighted by Crippen LogP contribution is -1.94. The molecule has 0 saturated heterocycles. The highest BCUT2D eigenvalue weighted by atomic mass is 35.7. The van der Waals surface area contributed by atoms with Crippen molar-refractivity contribution in [1.29, 1.82) is 0 Å². The van der Waals surface area contributed by atoms with Crippen molar-refractivity contribution in [2.75, 3.05) is 7.11 Å². The number of hydrogen-bond donors (Lipinski definition) is 0. The Morgan fingerprint density at radius 2 is 1.68 bits per heavy atom. The van der Waals surface area contributed by atoms with Crippen molar-refractivity contribution in [2.24, 2.45) is 0 Å². The molecule has 19 heavy (non-hydrogen) atoms. The minimum atomic E-state index is -3.75. The molecule has 2 aromatic carbocycles. The van der Waals surface area contributed by atoms with Crippen LogP contribution in [-0.4, -0.2) is 15.5 Å². The lowest BCUT2D eigenvalue weighted by molar-refractivity contribution is 0.415. The van der Waals surface area contributed by atoms with Gasteiger partial charge in [-0.25, -0.2) is 8.42 Å². The van der Waals surface area contributed by atoms with Crippen molar-refractivity contribution in [2.45, 2.75) is 11.8 Å². The standard InChI is InChI=1S/C14H13ClO3S/c1-10-3-5-11(6-4-10)13-8-7-12(19(15,16)17)9-14(13)18-2/h3-9H,1-2H3. The Morgan fingerprint density at radius 3 is 2.21 bits per heavy atom. The smallest absolute Gasteiger partial charge is 0.261 e. The van der Waals surface area contributed by atoms with Crippen LogP contribution in [0.15, 0.2) is 47.4 Å². The monoisotopic (exact) mass is 296 g/mol. The van der Waals surface area contributed by atoms with Gasteiger partial charge in [-0.15, -0.1) is 0 Å². The number of benzene rings is 2. The van der Waals surface area contributed by atoms with E-state index in [1.807, 2.05) is 31.2 Å². The second-order valence-electron chi connectivity index (χ2n) is 4.17. The molecule has 0 saturated carbocycles. The van der Waals surface area contributed by atoms with Crippen LogP contribution in [0.3, 0.4) is 0 Å². The third-order valence-electron chi connectivity index (χ3n) is 2.82. The van der Waals surface area contributed by atoms with Crippen LogP contribution in [0, 0.1) is 6.92 Å². The molecule has 0 spiro atoms. The zero-order chi connectivity index (χ0) is 14.0. The Labute approximate surface area is 117 Å². The molecule has 5 heteroatoms. The molecule has 0 aliphatic carbocycles. The average molecular weight is 297 g/mol. The van der Waals surface area contributed by atoms with Crippen LogP contribution >= 0.6 is 10.7 Å². The Hall–Kier alpha value is -1.52. The summed E-state index contributed by atoms with van der Waals surface area (Å²) in [6.45, 7) is 2.00. The molecular weight excluding hydrogens is 284 g/mol. The van der Waals surface area contributed by atoms with E-state index in [0.29, 0.717) is 5.75 Å². The van der Waals surface area contributed by atoms with Crippen LogP contribution in [-0.2, 0) is 9.05 Å². The fourth-order valence-electron chi connectivity index (χ4n) is 1.79. The first-order valence-corrected chi connectivity index (χ1v) is 7.92. The van der Waals surface area contributed by atoms with E-state index in [9.17, 15) is 8.42 Å². The van der Waals surface area contributed by atoms with Gasteiger partial charge in [-0.3, -0.25) is 0 Å². The van der Waals surface area contributed by atoms with Crippen LogP contribution in [0.25, 0.3) is 11.1 Å². The van der Waals surface area contributed by atoms with Crippen molar-refractivity contribution < 1.29 is 13.2 Å². The lowest BCUT2D eigenvalue weighted by Gasteiger charge is -2.10. The predicted octanol–water partition coefficient (Wildman–Crippen LogP) is 3.60. The van der Waals surface area contributed by atoms with Gasteiger partial charge in [0, 0.05) is 22.3 Å². The molecule has 0 heterocycles.